The molecule has 0 radical (unpaired) electrons. The van der Waals surface area contributed by atoms with Gasteiger partial charge in [-0.25, -0.2) is 0 Å². The van der Waals surface area contributed by atoms with E-state index in [9.17, 15) is 21.6 Å². The highest BCUT2D eigenvalue weighted by Gasteiger charge is 2.48. The van der Waals surface area contributed by atoms with Crippen LogP contribution in [0.5, 0.6) is 5.75 Å². The first-order chi connectivity index (χ1) is 8.72. The molecule has 0 unspecified atom stereocenters. The highest BCUT2D eigenvalue weighted by atomic mass is 35.5. The van der Waals surface area contributed by atoms with Gasteiger partial charge >= 0.3 is 15.6 Å². The SMILES string of the molecule is Cl.O=S(=O)(Oc1ccc(Cl)c2c1CNCC2)C(F)(F)F. The lowest BCUT2D eigenvalue weighted by Gasteiger charge is -2.21. The predicted molar refractivity (Wildman–Crippen MR) is 69.7 cm³/mol. The molecule has 0 bridgehead atoms. The average Bonchev–Trinajstić information content (AvgIpc) is 2.32. The van der Waals surface area contributed by atoms with Crippen LogP contribution in [0.3, 0.4) is 0 Å². The largest absolute Gasteiger partial charge is 0.534 e. The monoisotopic (exact) mass is 351 g/mol. The minimum Gasteiger partial charge on any atom is -0.376 e. The predicted octanol–water partition coefficient (Wildman–Crippen LogP) is 2.64. The van der Waals surface area contributed by atoms with E-state index in [1.807, 2.05) is 0 Å². The maximum Gasteiger partial charge on any atom is 0.534 e. The molecule has 0 saturated heterocycles. The van der Waals surface area contributed by atoms with E-state index < -0.39 is 15.6 Å². The van der Waals surface area contributed by atoms with Crippen molar-refractivity contribution in [2.75, 3.05) is 6.54 Å². The molecule has 0 amide bonds. The van der Waals surface area contributed by atoms with Crippen molar-refractivity contribution in [2.24, 2.45) is 0 Å². The first kappa shape index (κ1) is 17.4. The van der Waals surface area contributed by atoms with Crippen LogP contribution in [0.15, 0.2) is 12.1 Å². The molecule has 2 rings (SSSR count). The second-order valence-electron chi connectivity index (χ2n) is 3.91. The fourth-order valence-corrected chi connectivity index (χ4v) is 2.54. The Morgan fingerprint density at radius 3 is 2.50 bits per heavy atom. The second-order valence-corrected chi connectivity index (χ2v) is 5.86. The Morgan fingerprint density at radius 2 is 1.90 bits per heavy atom. The van der Waals surface area contributed by atoms with E-state index >= 15 is 0 Å². The summed E-state index contributed by atoms with van der Waals surface area (Å²) in [5, 5.41) is 3.30. The Morgan fingerprint density at radius 1 is 1.25 bits per heavy atom. The summed E-state index contributed by atoms with van der Waals surface area (Å²) >= 11 is 5.92. The van der Waals surface area contributed by atoms with E-state index in [0.717, 1.165) is 6.07 Å². The second kappa shape index (κ2) is 5.97. The molecule has 1 aromatic rings. The molecule has 1 N–H and O–H groups in total. The Kier molecular flexibility index (Phi) is 5.18. The summed E-state index contributed by atoms with van der Waals surface area (Å²) in [4.78, 5) is 0. The van der Waals surface area contributed by atoms with Crippen LogP contribution in [0.25, 0.3) is 0 Å². The normalized spacial score (nSPS) is 15.2. The third-order valence-electron chi connectivity index (χ3n) is 2.67. The van der Waals surface area contributed by atoms with Gasteiger partial charge in [0.1, 0.15) is 5.75 Å². The van der Waals surface area contributed by atoms with Crippen LogP contribution in [0.1, 0.15) is 11.1 Å². The van der Waals surface area contributed by atoms with E-state index in [1.54, 1.807) is 0 Å². The number of alkyl halides is 3. The molecule has 0 spiro atoms. The summed E-state index contributed by atoms with van der Waals surface area (Å²) in [5.74, 6) is -0.344. The lowest BCUT2D eigenvalue weighted by atomic mass is 10.0. The van der Waals surface area contributed by atoms with Gasteiger partial charge in [-0.2, -0.15) is 21.6 Å². The molecule has 0 fully saturated rings. The van der Waals surface area contributed by atoms with Gasteiger partial charge in [0.05, 0.1) is 0 Å². The van der Waals surface area contributed by atoms with E-state index in [4.69, 9.17) is 11.6 Å². The van der Waals surface area contributed by atoms with Gasteiger partial charge in [-0.15, -0.1) is 12.4 Å². The third kappa shape index (κ3) is 3.30. The maximum atomic E-state index is 12.3. The van der Waals surface area contributed by atoms with Crippen molar-refractivity contribution in [2.45, 2.75) is 18.5 Å². The highest BCUT2D eigenvalue weighted by Crippen LogP contribution is 2.34. The minimum absolute atomic E-state index is 0. The highest BCUT2D eigenvalue weighted by molar-refractivity contribution is 7.88. The van der Waals surface area contributed by atoms with Gasteiger partial charge < -0.3 is 9.50 Å². The Labute approximate surface area is 124 Å². The Hall–Kier alpha value is -0.700. The summed E-state index contributed by atoms with van der Waals surface area (Å²) in [6.45, 7) is 0.820. The molecule has 10 heteroatoms. The molecule has 1 aliphatic heterocycles. The van der Waals surface area contributed by atoms with Crippen LogP contribution in [0, 0.1) is 0 Å². The van der Waals surface area contributed by atoms with Gasteiger partial charge in [0.25, 0.3) is 0 Å². The van der Waals surface area contributed by atoms with Crippen molar-refractivity contribution < 1.29 is 25.8 Å². The number of hydrogen-bond donors (Lipinski definition) is 1. The topological polar surface area (TPSA) is 55.4 Å². The van der Waals surface area contributed by atoms with Crippen LogP contribution >= 0.6 is 24.0 Å². The number of nitrogens with one attached hydrogen (secondary N) is 1. The molecule has 0 saturated carbocycles. The van der Waals surface area contributed by atoms with E-state index in [-0.39, 0.29) is 24.7 Å². The number of hydrogen-bond acceptors (Lipinski definition) is 4. The molecule has 114 valence electrons. The summed E-state index contributed by atoms with van der Waals surface area (Å²) in [7, 11) is -5.67. The number of halogens is 5. The first-order valence-corrected chi connectivity index (χ1v) is 7.03. The molecular weight excluding hydrogens is 342 g/mol. The van der Waals surface area contributed by atoms with Gasteiger partial charge in [0.2, 0.25) is 0 Å². The van der Waals surface area contributed by atoms with Crippen LogP contribution in [-0.2, 0) is 23.1 Å². The number of rotatable bonds is 2. The standard InChI is InChI=1S/C10H9ClF3NO3S.ClH/c11-8-1-2-9(7-5-15-4-3-6(7)8)18-19(16,17)10(12,13)14;/h1-2,15H,3-5H2;1H. The average molecular weight is 352 g/mol. The van der Waals surface area contributed by atoms with Crippen molar-refractivity contribution in [3.05, 3.63) is 28.3 Å². The van der Waals surface area contributed by atoms with Crippen molar-refractivity contribution in [1.82, 2.24) is 5.32 Å². The van der Waals surface area contributed by atoms with Crippen LogP contribution < -0.4 is 9.50 Å². The van der Waals surface area contributed by atoms with Crippen molar-refractivity contribution in [1.29, 1.82) is 0 Å². The molecular formula is C10H10Cl2F3NO3S. The quantitative estimate of drug-likeness (QED) is 0.657. The molecule has 4 nitrogen and oxygen atoms in total. The molecule has 0 atom stereocenters. The van der Waals surface area contributed by atoms with Crippen molar-refractivity contribution >= 4 is 34.1 Å². The minimum atomic E-state index is -5.67. The number of fused-ring (bicyclic) bond motifs is 1. The maximum absolute atomic E-state index is 12.3. The summed E-state index contributed by atoms with van der Waals surface area (Å²) in [6, 6.07) is 2.45. The van der Waals surface area contributed by atoms with Crippen LogP contribution in [-0.4, -0.2) is 20.5 Å². The van der Waals surface area contributed by atoms with Gasteiger partial charge in [-0.3, -0.25) is 0 Å². The van der Waals surface area contributed by atoms with Crippen molar-refractivity contribution in [3.8, 4) is 5.75 Å². The zero-order valence-electron chi connectivity index (χ0n) is 9.83. The number of benzene rings is 1. The zero-order valence-corrected chi connectivity index (χ0v) is 12.2. The van der Waals surface area contributed by atoms with Crippen LogP contribution in [0.2, 0.25) is 5.02 Å². The van der Waals surface area contributed by atoms with Gasteiger partial charge in [0, 0.05) is 17.1 Å². The fourth-order valence-electron chi connectivity index (χ4n) is 1.78. The lowest BCUT2D eigenvalue weighted by molar-refractivity contribution is -0.0500. The summed E-state index contributed by atoms with van der Waals surface area (Å²) in [5.41, 5.74) is -4.51. The molecule has 1 heterocycles. The lowest BCUT2D eigenvalue weighted by Crippen LogP contribution is -2.30. The molecule has 1 aliphatic rings. The van der Waals surface area contributed by atoms with Crippen LogP contribution in [0.4, 0.5) is 13.2 Å². The molecule has 0 aliphatic carbocycles. The van der Waals surface area contributed by atoms with Gasteiger partial charge in [0.15, 0.2) is 0 Å². The first-order valence-electron chi connectivity index (χ1n) is 5.24. The van der Waals surface area contributed by atoms with E-state index in [0.29, 0.717) is 29.1 Å². The molecule has 1 aromatic carbocycles. The van der Waals surface area contributed by atoms with Crippen molar-refractivity contribution in [3.63, 3.8) is 0 Å². The third-order valence-corrected chi connectivity index (χ3v) is 3.99. The Bertz CT molecular complexity index is 605. The zero-order chi connectivity index (χ0) is 14.3. The van der Waals surface area contributed by atoms with E-state index in [2.05, 4.69) is 9.50 Å². The smallest absolute Gasteiger partial charge is 0.376 e. The summed E-state index contributed by atoms with van der Waals surface area (Å²) < 4.78 is 63.0. The summed E-state index contributed by atoms with van der Waals surface area (Å²) in [6.07, 6.45) is 0.497. The van der Waals surface area contributed by atoms with E-state index in [1.165, 1.54) is 6.07 Å². The van der Waals surface area contributed by atoms with Gasteiger partial charge in [-0.1, -0.05) is 11.6 Å². The molecule has 0 aromatic heterocycles. The fraction of sp³-hybridized carbons (Fsp3) is 0.400. The Balaban J connectivity index is 0.00000200. The molecule has 20 heavy (non-hydrogen) atoms. The van der Waals surface area contributed by atoms with Gasteiger partial charge in [-0.05, 0) is 30.7 Å².